The molecule has 0 aliphatic carbocycles. The van der Waals surface area contributed by atoms with Crippen LogP contribution in [0.3, 0.4) is 0 Å². The summed E-state index contributed by atoms with van der Waals surface area (Å²) < 4.78 is 0. The summed E-state index contributed by atoms with van der Waals surface area (Å²) in [6, 6.07) is 8.01. The average Bonchev–Trinajstić information content (AvgIpc) is 3.41. The minimum atomic E-state index is -0.0869. The summed E-state index contributed by atoms with van der Waals surface area (Å²) in [5, 5.41) is 13.4. The van der Waals surface area contributed by atoms with Gasteiger partial charge in [0.2, 0.25) is 0 Å². The minimum Gasteiger partial charge on any atom is -0.344 e. The fourth-order valence-electron chi connectivity index (χ4n) is 2.85. The molecule has 0 spiro atoms. The van der Waals surface area contributed by atoms with Gasteiger partial charge in [0.25, 0.3) is 5.91 Å². The molecular formula is C17H18N6OS. The molecule has 0 bridgehead atoms. The molecule has 1 saturated heterocycles. The van der Waals surface area contributed by atoms with Gasteiger partial charge in [0.05, 0.1) is 11.4 Å². The number of aromatic amines is 1. The Morgan fingerprint density at radius 3 is 2.96 bits per heavy atom. The molecule has 0 saturated carbocycles. The Balaban J connectivity index is 1.37. The van der Waals surface area contributed by atoms with Crippen LogP contribution in [0.15, 0.2) is 36.7 Å². The first-order chi connectivity index (χ1) is 12.3. The van der Waals surface area contributed by atoms with Crippen LogP contribution in [0.2, 0.25) is 0 Å². The lowest BCUT2D eigenvalue weighted by Gasteiger charge is -2.06. The highest BCUT2D eigenvalue weighted by molar-refractivity contribution is 7.14. The molecule has 128 valence electrons. The number of hydrogen-bond donors (Lipinski definition) is 3. The molecule has 1 aliphatic heterocycles. The van der Waals surface area contributed by atoms with Gasteiger partial charge < -0.3 is 10.6 Å². The molecular weight excluding hydrogens is 336 g/mol. The molecule has 0 radical (unpaired) electrons. The number of nitrogens with one attached hydrogen (secondary N) is 3. The van der Waals surface area contributed by atoms with Crippen LogP contribution in [-0.2, 0) is 6.54 Å². The summed E-state index contributed by atoms with van der Waals surface area (Å²) in [7, 11) is 0. The molecule has 1 atom stereocenters. The van der Waals surface area contributed by atoms with Crippen molar-refractivity contribution >= 4 is 17.2 Å². The van der Waals surface area contributed by atoms with Crippen molar-refractivity contribution in [1.82, 2.24) is 30.8 Å². The van der Waals surface area contributed by atoms with Gasteiger partial charge in [0, 0.05) is 28.9 Å². The zero-order chi connectivity index (χ0) is 17.1. The number of rotatable bonds is 5. The fourth-order valence-corrected chi connectivity index (χ4v) is 3.88. The molecule has 4 heterocycles. The lowest BCUT2D eigenvalue weighted by molar-refractivity contribution is 0.0954. The van der Waals surface area contributed by atoms with Crippen LogP contribution in [0.5, 0.6) is 0 Å². The molecule has 1 fully saturated rings. The predicted molar refractivity (Wildman–Crippen MR) is 95.1 cm³/mol. The van der Waals surface area contributed by atoms with Crippen molar-refractivity contribution in [3.05, 3.63) is 52.2 Å². The summed E-state index contributed by atoms with van der Waals surface area (Å²) >= 11 is 1.55. The van der Waals surface area contributed by atoms with Crippen LogP contribution in [0.1, 0.15) is 39.3 Å². The lowest BCUT2D eigenvalue weighted by atomic mass is 10.2. The van der Waals surface area contributed by atoms with Crippen LogP contribution in [0.4, 0.5) is 0 Å². The number of carbonyl (C=O) groups excluding carboxylic acids is 1. The molecule has 1 amide bonds. The number of carbonyl (C=O) groups is 1. The Hall–Kier alpha value is -2.58. The molecule has 7 nitrogen and oxygen atoms in total. The van der Waals surface area contributed by atoms with E-state index in [1.807, 2.05) is 24.3 Å². The van der Waals surface area contributed by atoms with Gasteiger partial charge in [-0.3, -0.25) is 14.9 Å². The highest BCUT2D eigenvalue weighted by atomic mass is 32.1. The Morgan fingerprint density at radius 1 is 1.28 bits per heavy atom. The molecule has 3 N–H and O–H groups in total. The zero-order valence-electron chi connectivity index (χ0n) is 13.5. The van der Waals surface area contributed by atoms with E-state index in [2.05, 4.69) is 30.8 Å². The van der Waals surface area contributed by atoms with Gasteiger partial charge in [-0.25, -0.2) is 4.98 Å². The maximum Gasteiger partial charge on any atom is 0.261 e. The van der Waals surface area contributed by atoms with Crippen molar-refractivity contribution in [3.63, 3.8) is 0 Å². The van der Waals surface area contributed by atoms with Gasteiger partial charge in [-0.2, -0.15) is 5.10 Å². The van der Waals surface area contributed by atoms with Crippen molar-refractivity contribution in [2.75, 3.05) is 6.54 Å². The number of nitrogens with zero attached hydrogens (tertiary/aromatic N) is 3. The van der Waals surface area contributed by atoms with E-state index in [9.17, 15) is 4.79 Å². The topological polar surface area (TPSA) is 95.6 Å². The van der Waals surface area contributed by atoms with Gasteiger partial charge in [0.1, 0.15) is 5.82 Å². The van der Waals surface area contributed by atoms with Crippen LogP contribution in [0, 0.1) is 0 Å². The summed E-state index contributed by atoms with van der Waals surface area (Å²) in [6.07, 6.45) is 5.72. The average molecular weight is 354 g/mol. The van der Waals surface area contributed by atoms with Gasteiger partial charge in [-0.15, -0.1) is 11.3 Å². The number of amides is 1. The number of pyridine rings is 1. The van der Waals surface area contributed by atoms with E-state index in [0.29, 0.717) is 24.2 Å². The fraction of sp³-hybridized carbons (Fsp3) is 0.294. The van der Waals surface area contributed by atoms with Gasteiger partial charge in [0.15, 0.2) is 5.82 Å². The third-order valence-corrected chi connectivity index (χ3v) is 5.34. The van der Waals surface area contributed by atoms with E-state index >= 15 is 0 Å². The van der Waals surface area contributed by atoms with Gasteiger partial charge in [-0.05, 0) is 43.7 Å². The summed E-state index contributed by atoms with van der Waals surface area (Å²) in [5.74, 6) is 1.13. The highest BCUT2D eigenvalue weighted by Gasteiger charge is 2.19. The highest BCUT2D eigenvalue weighted by Crippen LogP contribution is 2.29. The van der Waals surface area contributed by atoms with Crippen molar-refractivity contribution in [1.29, 1.82) is 0 Å². The van der Waals surface area contributed by atoms with Crippen LogP contribution in [-0.4, -0.2) is 32.6 Å². The molecule has 3 aromatic rings. The number of hydrogen-bond acceptors (Lipinski definition) is 6. The number of H-pyrrole nitrogens is 1. The molecule has 25 heavy (non-hydrogen) atoms. The normalized spacial score (nSPS) is 16.9. The van der Waals surface area contributed by atoms with E-state index < -0.39 is 0 Å². The third-order valence-electron chi connectivity index (χ3n) is 4.14. The zero-order valence-corrected chi connectivity index (χ0v) is 14.3. The van der Waals surface area contributed by atoms with E-state index in [4.69, 9.17) is 0 Å². The van der Waals surface area contributed by atoms with Crippen LogP contribution in [0.25, 0.3) is 11.4 Å². The summed E-state index contributed by atoms with van der Waals surface area (Å²) in [4.78, 5) is 22.6. The molecule has 0 aromatic carbocycles. The van der Waals surface area contributed by atoms with Gasteiger partial charge >= 0.3 is 0 Å². The van der Waals surface area contributed by atoms with Crippen molar-refractivity contribution in [3.8, 4) is 11.4 Å². The Bertz CT molecular complexity index is 853. The van der Waals surface area contributed by atoms with Crippen molar-refractivity contribution < 1.29 is 4.79 Å². The monoisotopic (exact) mass is 354 g/mol. The SMILES string of the molecule is O=C(NCc1nc(-c2ccncc2)n[nH]1)c1ccc([C@@H]2CCCN2)s1. The second-order valence-corrected chi connectivity index (χ2v) is 6.99. The maximum absolute atomic E-state index is 12.3. The van der Waals surface area contributed by atoms with E-state index in [1.54, 1.807) is 23.7 Å². The third kappa shape index (κ3) is 3.59. The van der Waals surface area contributed by atoms with Crippen molar-refractivity contribution in [2.24, 2.45) is 0 Å². The molecule has 1 aliphatic rings. The van der Waals surface area contributed by atoms with E-state index in [0.717, 1.165) is 23.4 Å². The van der Waals surface area contributed by atoms with Crippen LogP contribution >= 0.6 is 11.3 Å². The smallest absolute Gasteiger partial charge is 0.261 e. The number of aromatic nitrogens is 4. The molecule has 8 heteroatoms. The minimum absolute atomic E-state index is 0.0869. The summed E-state index contributed by atoms with van der Waals surface area (Å²) in [6.45, 7) is 1.36. The first-order valence-electron chi connectivity index (χ1n) is 8.22. The van der Waals surface area contributed by atoms with Gasteiger partial charge in [-0.1, -0.05) is 0 Å². The lowest BCUT2D eigenvalue weighted by Crippen LogP contribution is -2.22. The maximum atomic E-state index is 12.3. The quantitative estimate of drug-likeness (QED) is 0.653. The first-order valence-corrected chi connectivity index (χ1v) is 9.04. The molecule has 4 rings (SSSR count). The predicted octanol–water partition coefficient (Wildman–Crippen LogP) is 2.28. The second-order valence-electron chi connectivity index (χ2n) is 5.88. The largest absolute Gasteiger partial charge is 0.344 e. The first kappa shape index (κ1) is 15.9. The van der Waals surface area contributed by atoms with Crippen LogP contribution < -0.4 is 10.6 Å². The number of thiophene rings is 1. The second kappa shape index (κ2) is 7.12. The standard InChI is InChI=1S/C17H18N6OS/c24-17(14-4-3-13(25-14)12-2-1-7-19-12)20-10-15-21-16(23-22-15)11-5-8-18-9-6-11/h3-6,8-9,12,19H,1-2,7,10H2,(H,20,24)(H,21,22,23)/t12-/m0/s1. The Kier molecular flexibility index (Phi) is 4.53. The molecule has 3 aromatic heterocycles. The van der Waals surface area contributed by atoms with Crippen molar-refractivity contribution in [2.45, 2.75) is 25.4 Å². The van der Waals surface area contributed by atoms with E-state index in [1.165, 1.54) is 11.3 Å². The summed E-state index contributed by atoms with van der Waals surface area (Å²) in [5.41, 5.74) is 0.885. The molecule has 0 unspecified atom stereocenters. The van der Waals surface area contributed by atoms with E-state index in [-0.39, 0.29) is 5.91 Å². The Labute approximate surface area is 148 Å². The Morgan fingerprint density at radius 2 is 2.16 bits per heavy atom.